The zero-order valence-corrected chi connectivity index (χ0v) is 17.0. The molecule has 0 aliphatic carbocycles. The topological polar surface area (TPSA) is 92.7 Å². The fraction of sp³-hybridized carbons (Fsp3) is 0.364. The molecular formula is C22H24N4O4. The highest BCUT2D eigenvalue weighted by molar-refractivity contribution is 5.79. The van der Waals surface area contributed by atoms with Crippen molar-refractivity contribution in [2.75, 3.05) is 25.0 Å². The van der Waals surface area contributed by atoms with Gasteiger partial charge in [-0.15, -0.1) is 0 Å². The van der Waals surface area contributed by atoms with Gasteiger partial charge in [-0.1, -0.05) is 24.3 Å². The molecule has 1 fully saturated rings. The number of oxazole rings is 1. The van der Waals surface area contributed by atoms with Crippen LogP contribution < -0.4 is 4.90 Å². The van der Waals surface area contributed by atoms with Gasteiger partial charge in [0.1, 0.15) is 5.52 Å². The summed E-state index contributed by atoms with van der Waals surface area (Å²) in [5.41, 5.74) is 2.38. The van der Waals surface area contributed by atoms with Crippen molar-refractivity contribution < 1.29 is 14.1 Å². The van der Waals surface area contributed by atoms with Gasteiger partial charge in [0.05, 0.1) is 11.0 Å². The molecule has 2 aromatic carbocycles. The Morgan fingerprint density at radius 2 is 1.97 bits per heavy atom. The van der Waals surface area contributed by atoms with Crippen LogP contribution in [-0.2, 0) is 4.79 Å². The highest BCUT2D eigenvalue weighted by atomic mass is 16.6. The summed E-state index contributed by atoms with van der Waals surface area (Å²) in [6.45, 7) is 3.29. The molecule has 1 aliphatic heterocycles. The van der Waals surface area contributed by atoms with Gasteiger partial charge >= 0.3 is 0 Å². The Balaban J connectivity index is 1.39. The summed E-state index contributed by atoms with van der Waals surface area (Å²) in [6, 6.07) is 14.5. The third kappa shape index (κ3) is 3.85. The largest absolute Gasteiger partial charge is 0.423 e. The Morgan fingerprint density at radius 1 is 1.23 bits per heavy atom. The van der Waals surface area contributed by atoms with E-state index in [1.54, 1.807) is 18.0 Å². The first-order valence-electron chi connectivity index (χ1n) is 10.1. The molecule has 30 heavy (non-hydrogen) atoms. The van der Waals surface area contributed by atoms with E-state index in [9.17, 15) is 14.9 Å². The summed E-state index contributed by atoms with van der Waals surface area (Å²) in [4.78, 5) is 32.0. The fourth-order valence-corrected chi connectivity index (χ4v) is 3.91. The molecule has 0 unspecified atom stereocenters. The lowest BCUT2D eigenvalue weighted by Crippen LogP contribution is -2.42. The third-order valence-corrected chi connectivity index (χ3v) is 5.89. The lowest BCUT2D eigenvalue weighted by atomic mass is 9.94. The zero-order chi connectivity index (χ0) is 21.3. The van der Waals surface area contributed by atoms with Crippen molar-refractivity contribution in [1.29, 1.82) is 0 Å². The van der Waals surface area contributed by atoms with Crippen molar-refractivity contribution in [1.82, 2.24) is 9.88 Å². The Kier molecular flexibility index (Phi) is 5.39. The number of nitro benzene ring substituents is 1. The van der Waals surface area contributed by atoms with E-state index in [1.807, 2.05) is 37.3 Å². The van der Waals surface area contributed by atoms with E-state index < -0.39 is 4.92 Å². The van der Waals surface area contributed by atoms with Gasteiger partial charge in [-0.3, -0.25) is 14.9 Å². The second kappa shape index (κ2) is 8.14. The molecule has 0 bridgehead atoms. The molecule has 0 spiro atoms. The Hall–Kier alpha value is -3.42. The van der Waals surface area contributed by atoms with Gasteiger partial charge in [-0.2, -0.15) is 4.98 Å². The standard InChI is InChI=1S/C22H24N4O4/c1-15(17-6-5-7-18(14-17)26(28)29)24(2)21(27)16-10-12-25(13-11-16)22-23-19-8-3-4-9-20(19)30-22/h3-9,14-16H,10-13H2,1-2H3/t15-/m0/s1. The maximum absolute atomic E-state index is 13.1. The van der Waals surface area contributed by atoms with E-state index in [0.717, 1.165) is 16.7 Å². The van der Waals surface area contributed by atoms with Gasteiger partial charge in [0.25, 0.3) is 11.7 Å². The molecule has 156 valence electrons. The van der Waals surface area contributed by atoms with Gasteiger partial charge < -0.3 is 14.2 Å². The lowest BCUT2D eigenvalue weighted by Gasteiger charge is -2.34. The Morgan fingerprint density at radius 3 is 2.67 bits per heavy atom. The number of para-hydroxylation sites is 2. The normalized spacial score (nSPS) is 15.9. The van der Waals surface area contributed by atoms with Crippen LogP contribution in [0.4, 0.5) is 11.7 Å². The fourth-order valence-electron chi connectivity index (χ4n) is 3.91. The summed E-state index contributed by atoms with van der Waals surface area (Å²) in [5.74, 6) is -0.0250. The van der Waals surface area contributed by atoms with E-state index in [2.05, 4.69) is 9.88 Å². The van der Waals surface area contributed by atoms with Gasteiger partial charge in [0.2, 0.25) is 5.91 Å². The number of non-ortho nitro benzene ring substituents is 1. The molecule has 3 aromatic rings. The van der Waals surface area contributed by atoms with Crippen molar-refractivity contribution in [3.8, 4) is 0 Å². The predicted molar refractivity (Wildman–Crippen MR) is 113 cm³/mol. The molecule has 0 N–H and O–H groups in total. The van der Waals surface area contributed by atoms with E-state index >= 15 is 0 Å². The number of nitro groups is 1. The van der Waals surface area contributed by atoms with Crippen molar-refractivity contribution in [2.45, 2.75) is 25.8 Å². The van der Waals surface area contributed by atoms with Crippen LogP contribution in [0.1, 0.15) is 31.4 Å². The predicted octanol–water partition coefficient (Wildman–Crippen LogP) is 4.17. The first kappa shape index (κ1) is 19.9. The summed E-state index contributed by atoms with van der Waals surface area (Å²) in [6.07, 6.45) is 1.42. The van der Waals surface area contributed by atoms with Crippen LogP contribution in [0.25, 0.3) is 11.1 Å². The molecule has 1 aliphatic rings. The van der Waals surface area contributed by atoms with Crippen LogP contribution in [0, 0.1) is 16.0 Å². The molecule has 0 saturated carbocycles. The molecule has 2 heterocycles. The monoisotopic (exact) mass is 408 g/mol. The number of amides is 1. The third-order valence-electron chi connectivity index (χ3n) is 5.89. The summed E-state index contributed by atoms with van der Waals surface area (Å²) in [7, 11) is 1.76. The number of fused-ring (bicyclic) bond motifs is 1. The van der Waals surface area contributed by atoms with Crippen molar-refractivity contribution in [3.05, 3.63) is 64.2 Å². The molecule has 8 nitrogen and oxygen atoms in total. The minimum atomic E-state index is -0.417. The van der Waals surface area contributed by atoms with Crippen molar-refractivity contribution in [3.63, 3.8) is 0 Å². The molecule has 1 atom stereocenters. The van der Waals surface area contributed by atoms with E-state index in [1.165, 1.54) is 12.1 Å². The number of anilines is 1. The number of nitrogens with zero attached hydrogens (tertiary/aromatic N) is 4. The average molecular weight is 408 g/mol. The van der Waals surface area contributed by atoms with Crippen LogP contribution >= 0.6 is 0 Å². The molecular weight excluding hydrogens is 384 g/mol. The first-order chi connectivity index (χ1) is 14.4. The zero-order valence-electron chi connectivity index (χ0n) is 17.0. The molecule has 8 heteroatoms. The summed E-state index contributed by atoms with van der Waals surface area (Å²) < 4.78 is 5.84. The molecule has 0 radical (unpaired) electrons. The maximum atomic E-state index is 13.1. The van der Waals surface area contributed by atoms with Crippen LogP contribution in [0.3, 0.4) is 0 Å². The lowest BCUT2D eigenvalue weighted by molar-refractivity contribution is -0.384. The number of carbonyl (C=O) groups is 1. The second-order valence-corrected chi connectivity index (χ2v) is 7.70. The smallest absolute Gasteiger partial charge is 0.298 e. The minimum Gasteiger partial charge on any atom is -0.423 e. The SMILES string of the molecule is C[C@@H](c1cccc([N+](=O)[O-])c1)N(C)C(=O)C1CCN(c2nc3ccccc3o2)CC1. The number of benzene rings is 2. The highest BCUT2D eigenvalue weighted by Gasteiger charge is 2.31. The van der Waals surface area contributed by atoms with E-state index in [4.69, 9.17) is 4.42 Å². The van der Waals surface area contributed by atoms with Crippen LogP contribution in [0.5, 0.6) is 0 Å². The van der Waals surface area contributed by atoms with Crippen LogP contribution in [-0.4, -0.2) is 40.9 Å². The van der Waals surface area contributed by atoms with Crippen LogP contribution in [0.2, 0.25) is 0 Å². The Bertz CT molecular complexity index is 1040. The number of hydrogen-bond acceptors (Lipinski definition) is 6. The molecule has 1 amide bonds. The molecule has 1 aromatic heterocycles. The maximum Gasteiger partial charge on any atom is 0.298 e. The van der Waals surface area contributed by atoms with Crippen molar-refractivity contribution in [2.24, 2.45) is 5.92 Å². The second-order valence-electron chi connectivity index (χ2n) is 7.70. The summed E-state index contributed by atoms with van der Waals surface area (Å²) in [5, 5.41) is 11.0. The van der Waals surface area contributed by atoms with Gasteiger partial charge in [0, 0.05) is 38.2 Å². The minimum absolute atomic E-state index is 0.0341. The molecule has 4 rings (SSSR count). The highest BCUT2D eigenvalue weighted by Crippen LogP contribution is 2.29. The van der Waals surface area contributed by atoms with Crippen molar-refractivity contribution >= 4 is 28.7 Å². The number of aromatic nitrogens is 1. The van der Waals surface area contributed by atoms with Crippen LogP contribution in [0.15, 0.2) is 52.9 Å². The van der Waals surface area contributed by atoms with Gasteiger partial charge in [-0.25, -0.2) is 0 Å². The number of piperidine rings is 1. The number of rotatable bonds is 5. The number of carbonyl (C=O) groups excluding carboxylic acids is 1. The quantitative estimate of drug-likeness (QED) is 0.465. The number of hydrogen-bond donors (Lipinski definition) is 0. The molecule has 1 saturated heterocycles. The van der Waals surface area contributed by atoms with E-state index in [0.29, 0.717) is 31.9 Å². The average Bonchev–Trinajstić information content (AvgIpc) is 3.22. The first-order valence-corrected chi connectivity index (χ1v) is 10.1. The van der Waals surface area contributed by atoms with Gasteiger partial charge in [-0.05, 0) is 37.5 Å². The van der Waals surface area contributed by atoms with Gasteiger partial charge in [0.15, 0.2) is 5.58 Å². The summed E-state index contributed by atoms with van der Waals surface area (Å²) >= 11 is 0. The Labute approximate surface area is 174 Å². The van der Waals surface area contributed by atoms with E-state index in [-0.39, 0.29) is 23.6 Å².